The molecule has 0 atom stereocenters. The Morgan fingerprint density at radius 2 is 2.00 bits per heavy atom. The van der Waals surface area contributed by atoms with Crippen molar-refractivity contribution >= 4 is 17.5 Å². The second kappa shape index (κ2) is 7.40. The smallest absolute Gasteiger partial charge is 0.279 e. The van der Waals surface area contributed by atoms with Gasteiger partial charge in [0.1, 0.15) is 0 Å². The first-order valence-electron chi connectivity index (χ1n) is 8.02. The van der Waals surface area contributed by atoms with Gasteiger partial charge in [-0.25, -0.2) is 0 Å². The molecule has 1 aliphatic heterocycles. The molecule has 0 aromatic heterocycles. The molecule has 4 N–H and O–H groups in total. The monoisotopic (exact) mass is 304 g/mol. The fraction of sp³-hybridized carbons (Fsp3) is 0.529. The van der Waals surface area contributed by atoms with Crippen LogP contribution < -0.4 is 16.0 Å². The van der Waals surface area contributed by atoms with E-state index in [-0.39, 0.29) is 17.7 Å². The molecule has 0 spiro atoms. The number of hydrogen-bond acceptors (Lipinski definition) is 2. The first-order valence-corrected chi connectivity index (χ1v) is 8.02. The van der Waals surface area contributed by atoms with Crippen molar-refractivity contribution in [2.45, 2.75) is 33.1 Å². The molecular weight excluding hydrogens is 278 g/mol. The number of rotatable bonds is 5. The largest absolute Gasteiger partial charge is 0.369 e. The fourth-order valence-corrected chi connectivity index (χ4v) is 3.10. The molecular formula is C17H26N3O2+. The van der Waals surface area contributed by atoms with Crippen molar-refractivity contribution in [1.82, 2.24) is 0 Å². The van der Waals surface area contributed by atoms with Crippen molar-refractivity contribution in [2.75, 3.05) is 25.0 Å². The summed E-state index contributed by atoms with van der Waals surface area (Å²) in [7, 11) is 0. The summed E-state index contributed by atoms with van der Waals surface area (Å²) in [6.45, 7) is 6.21. The lowest BCUT2D eigenvalue weighted by molar-refractivity contribution is -0.897. The van der Waals surface area contributed by atoms with Gasteiger partial charge in [0.05, 0.1) is 13.1 Å². The molecule has 1 saturated heterocycles. The standard InChI is InChI=1S/C17H25N3O2/c1-3-13-6-4-5-12(2)16(13)19-15(21)11-20-9-7-14(8-10-20)17(18)22/h4-6,14H,3,7-11H2,1-2H3,(H2,18,22)(H,19,21)/p+1. The number of para-hydroxylation sites is 1. The molecule has 0 unspecified atom stereocenters. The van der Waals surface area contributed by atoms with Gasteiger partial charge in [-0.3, -0.25) is 9.59 Å². The van der Waals surface area contributed by atoms with E-state index in [1.54, 1.807) is 0 Å². The Labute approximate surface area is 131 Å². The van der Waals surface area contributed by atoms with E-state index in [4.69, 9.17) is 5.73 Å². The van der Waals surface area contributed by atoms with Gasteiger partial charge in [0.2, 0.25) is 5.91 Å². The zero-order valence-corrected chi connectivity index (χ0v) is 13.4. The molecule has 5 heteroatoms. The van der Waals surface area contributed by atoms with Crippen LogP contribution in [-0.2, 0) is 16.0 Å². The molecule has 1 aliphatic rings. The average Bonchev–Trinajstić information content (AvgIpc) is 2.49. The van der Waals surface area contributed by atoms with Gasteiger partial charge >= 0.3 is 0 Å². The second-order valence-corrected chi connectivity index (χ2v) is 6.11. The zero-order chi connectivity index (χ0) is 16.1. The third kappa shape index (κ3) is 4.07. The van der Waals surface area contributed by atoms with Crippen LogP contribution in [0.5, 0.6) is 0 Å². The van der Waals surface area contributed by atoms with E-state index in [2.05, 4.69) is 12.2 Å². The highest BCUT2D eigenvalue weighted by Crippen LogP contribution is 2.20. The SMILES string of the molecule is CCc1cccc(C)c1NC(=O)C[NH+]1CCC(C(N)=O)CC1. The lowest BCUT2D eigenvalue weighted by atomic mass is 9.96. The number of amides is 2. The molecule has 2 amide bonds. The highest BCUT2D eigenvalue weighted by molar-refractivity contribution is 5.93. The number of carbonyl (C=O) groups excluding carboxylic acids is 2. The number of likely N-dealkylation sites (tertiary alicyclic amines) is 1. The van der Waals surface area contributed by atoms with Gasteiger partial charge in [-0.1, -0.05) is 25.1 Å². The Morgan fingerprint density at radius 3 is 2.59 bits per heavy atom. The molecule has 22 heavy (non-hydrogen) atoms. The number of aryl methyl sites for hydroxylation is 2. The van der Waals surface area contributed by atoms with Crippen LogP contribution in [0.1, 0.15) is 30.9 Å². The van der Waals surface area contributed by atoms with Crippen LogP contribution in [0.3, 0.4) is 0 Å². The van der Waals surface area contributed by atoms with E-state index in [1.807, 2.05) is 25.1 Å². The van der Waals surface area contributed by atoms with E-state index >= 15 is 0 Å². The van der Waals surface area contributed by atoms with Gasteiger partial charge in [-0.15, -0.1) is 0 Å². The molecule has 1 aromatic carbocycles. The number of hydrogen-bond donors (Lipinski definition) is 3. The number of carbonyl (C=O) groups is 2. The summed E-state index contributed by atoms with van der Waals surface area (Å²) >= 11 is 0. The highest BCUT2D eigenvalue weighted by Gasteiger charge is 2.27. The Hall–Kier alpha value is -1.88. The first-order chi connectivity index (χ1) is 10.5. The van der Waals surface area contributed by atoms with Crippen molar-refractivity contribution in [3.63, 3.8) is 0 Å². The lowest BCUT2D eigenvalue weighted by Crippen LogP contribution is -3.14. The van der Waals surface area contributed by atoms with Crippen LogP contribution in [0, 0.1) is 12.8 Å². The minimum absolute atomic E-state index is 0.0186. The van der Waals surface area contributed by atoms with Gasteiger partial charge < -0.3 is 16.0 Å². The van der Waals surface area contributed by atoms with Gasteiger partial charge in [0.25, 0.3) is 5.91 Å². The van der Waals surface area contributed by atoms with Gasteiger partial charge in [0, 0.05) is 24.4 Å². The number of primary amides is 1. The molecule has 0 radical (unpaired) electrons. The molecule has 1 fully saturated rings. The molecule has 0 saturated carbocycles. The Bertz CT molecular complexity index is 549. The maximum atomic E-state index is 12.3. The van der Waals surface area contributed by atoms with Crippen LogP contribution in [0.15, 0.2) is 18.2 Å². The van der Waals surface area contributed by atoms with E-state index in [1.165, 1.54) is 4.90 Å². The number of benzene rings is 1. The zero-order valence-electron chi connectivity index (χ0n) is 13.4. The minimum Gasteiger partial charge on any atom is -0.369 e. The van der Waals surface area contributed by atoms with Gasteiger partial charge in [-0.2, -0.15) is 0 Å². The molecule has 0 aliphatic carbocycles. The lowest BCUT2D eigenvalue weighted by Gasteiger charge is -2.27. The van der Waals surface area contributed by atoms with Crippen LogP contribution >= 0.6 is 0 Å². The fourth-order valence-electron chi connectivity index (χ4n) is 3.10. The molecule has 1 aromatic rings. The summed E-state index contributed by atoms with van der Waals surface area (Å²) < 4.78 is 0. The van der Waals surface area contributed by atoms with Crippen molar-refractivity contribution < 1.29 is 14.5 Å². The van der Waals surface area contributed by atoms with Crippen LogP contribution in [-0.4, -0.2) is 31.4 Å². The quantitative estimate of drug-likeness (QED) is 0.730. The maximum Gasteiger partial charge on any atom is 0.279 e. The second-order valence-electron chi connectivity index (χ2n) is 6.11. The predicted molar refractivity (Wildman–Crippen MR) is 86.7 cm³/mol. The minimum atomic E-state index is -0.212. The summed E-state index contributed by atoms with van der Waals surface area (Å²) in [4.78, 5) is 24.7. The maximum absolute atomic E-state index is 12.3. The molecule has 2 rings (SSSR count). The van der Waals surface area contributed by atoms with Crippen molar-refractivity contribution in [2.24, 2.45) is 11.7 Å². The van der Waals surface area contributed by atoms with E-state index in [9.17, 15) is 9.59 Å². The normalized spacial score (nSPS) is 21.4. The summed E-state index contributed by atoms with van der Waals surface area (Å²) in [5.41, 5.74) is 8.54. The van der Waals surface area contributed by atoms with Crippen LogP contribution in [0.25, 0.3) is 0 Å². The number of nitrogens with one attached hydrogen (secondary N) is 2. The third-order valence-electron chi connectivity index (χ3n) is 4.51. The number of piperidine rings is 1. The molecule has 0 bridgehead atoms. The molecule has 120 valence electrons. The Morgan fingerprint density at radius 1 is 1.32 bits per heavy atom. The van der Waals surface area contributed by atoms with Crippen molar-refractivity contribution in [3.05, 3.63) is 29.3 Å². The van der Waals surface area contributed by atoms with Crippen LogP contribution in [0.4, 0.5) is 5.69 Å². The Kier molecular flexibility index (Phi) is 5.55. The average molecular weight is 304 g/mol. The van der Waals surface area contributed by atoms with Crippen LogP contribution in [0.2, 0.25) is 0 Å². The van der Waals surface area contributed by atoms with Gasteiger partial charge in [0.15, 0.2) is 6.54 Å². The summed E-state index contributed by atoms with van der Waals surface area (Å²) in [6, 6.07) is 6.08. The number of nitrogens with two attached hydrogens (primary N) is 1. The number of anilines is 1. The highest BCUT2D eigenvalue weighted by atomic mass is 16.2. The molecule has 5 nitrogen and oxygen atoms in total. The predicted octanol–water partition coefficient (Wildman–Crippen LogP) is 0.276. The third-order valence-corrected chi connectivity index (χ3v) is 4.51. The topological polar surface area (TPSA) is 76.6 Å². The summed E-state index contributed by atoms with van der Waals surface area (Å²) in [5.74, 6) is -0.192. The number of quaternary nitrogens is 1. The summed E-state index contributed by atoms with van der Waals surface area (Å²) in [5, 5.41) is 3.06. The van der Waals surface area contributed by atoms with Crippen molar-refractivity contribution in [3.8, 4) is 0 Å². The summed E-state index contributed by atoms with van der Waals surface area (Å²) in [6.07, 6.45) is 2.46. The van der Waals surface area contributed by atoms with E-state index in [0.717, 1.165) is 49.2 Å². The van der Waals surface area contributed by atoms with Crippen molar-refractivity contribution in [1.29, 1.82) is 0 Å². The Balaban J connectivity index is 1.90. The van der Waals surface area contributed by atoms with Gasteiger partial charge in [-0.05, 0) is 24.5 Å². The van der Waals surface area contributed by atoms with E-state index in [0.29, 0.717) is 6.54 Å². The molecule has 1 heterocycles. The first kappa shape index (κ1) is 16.5. The van der Waals surface area contributed by atoms with E-state index < -0.39 is 0 Å².